The Morgan fingerprint density at radius 3 is 2.87 bits per heavy atom. The highest BCUT2D eigenvalue weighted by Gasteiger charge is 2.22. The fraction of sp³-hybridized carbons (Fsp3) is 0.300. The lowest BCUT2D eigenvalue weighted by Crippen LogP contribution is -2.26. The number of aromatic nitrogens is 2. The number of rotatable bonds is 10. The third-order valence-electron chi connectivity index (χ3n) is 4.33. The summed E-state index contributed by atoms with van der Waals surface area (Å²) < 4.78 is 23.3. The number of fused-ring (bicyclic) bond motifs is 1. The second kappa shape index (κ2) is 10.9. The van der Waals surface area contributed by atoms with Crippen molar-refractivity contribution >= 4 is 55.8 Å². The van der Waals surface area contributed by atoms with Gasteiger partial charge < -0.3 is 19.7 Å². The van der Waals surface area contributed by atoms with E-state index in [4.69, 9.17) is 26.3 Å². The molecule has 0 bridgehead atoms. The molecule has 3 aromatic rings. The number of hydrogen-bond acceptors (Lipinski definition) is 6. The van der Waals surface area contributed by atoms with E-state index in [1.807, 2.05) is 6.92 Å². The second-order valence-corrected chi connectivity index (χ2v) is 7.69. The highest BCUT2D eigenvalue weighted by molar-refractivity contribution is 9.10. The van der Waals surface area contributed by atoms with E-state index >= 15 is 4.39 Å². The van der Waals surface area contributed by atoms with Crippen LogP contribution >= 0.6 is 27.5 Å². The molecule has 0 saturated heterocycles. The fourth-order valence-corrected chi connectivity index (χ4v) is 3.61. The minimum Gasteiger partial charge on any atom is -0.394 e. The molecule has 0 fully saturated rings. The number of benzene rings is 2. The van der Waals surface area contributed by atoms with Crippen molar-refractivity contribution < 1.29 is 23.9 Å². The smallest absolute Gasteiger partial charge is 0.277 e. The third kappa shape index (κ3) is 5.52. The molecule has 3 rings (SSSR count). The molecular weight excluding hydrogens is 495 g/mol. The van der Waals surface area contributed by atoms with Crippen molar-refractivity contribution in [2.75, 3.05) is 31.7 Å². The van der Waals surface area contributed by atoms with Crippen LogP contribution < -0.4 is 10.8 Å². The van der Waals surface area contributed by atoms with Crippen molar-refractivity contribution in [1.29, 1.82) is 0 Å². The molecule has 31 heavy (non-hydrogen) atoms. The maximum atomic E-state index is 15.5. The van der Waals surface area contributed by atoms with Crippen LogP contribution in [-0.4, -0.2) is 47.0 Å². The summed E-state index contributed by atoms with van der Waals surface area (Å²) in [5.41, 5.74) is 3.02. The molecule has 0 saturated carbocycles. The van der Waals surface area contributed by atoms with Gasteiger partial charge in [0.15, 0.2) is 5.82 Å². The zero-order valence-corrected chi connectivity index (χ0v) is 19.0. The predicted octanol–water partition coefficient (Wildman–Crippen LogP) is 4.03. The molecule has 3 N–H and O–H groups in total. The van der Waals surface area contributed by atoms with E-state index in [2.05, 4.69) is 31.7 Å². The van der Waals surface area contributed by atoms with Gasteiger partial charge in [-0.25, -0.2) is 14.9 Å². The normalized spacial score (nSPS) is 11.1. The first kappa shape index (κ1) is 23.4. The topological polar surface area (TPSA) is 97.6 Å². The molecular formula is C20H21BrClFN4O4. The Labute approximate surface area is 191 Å². The number of hydrogen-bond donors (Lipinski definition) is 3. The Hall–Kier alpha value is -2.24. The van der Waals surface area contributed by atoms with Crippen LogP contribution in [0.4, 0.5) is 15.8 Å². The van der Waals surface area contributed by atoms with Crippen LogP contribution in [0.3, 0.4) is 0 Å². The first-order chi connectivity index (χ1) is 15.0. The minimum atomic E-state index is -0.709. The summed E-state index contributed by atoms with van der Waals surface area (Å²) in [5.74, 6) is -1.40. The second-order valence-electron chi connectivity index (χ2n) is 6.37. The number of nitrogens with zero attached hydrogens (tertiary/aromatic N) is 2. The Morgan fingerprint density at radius 1 is 1.35 bits per heavy atom. The predicted molar refractivity (Wildman–Crippen MR) is 119 cm³/mol. The van der Waals surface area contributed by atoms with Crippen molar-refractivity contribution in [3.8, 4) is 0 Å². The number of aliphatic hydroxyl groups is 1. The average Bonchev–Trinajstić information content (AvgIpc) is 3.15. The van der Waals surface area contributed by atoms with Gasteiger partial charge in [0.2, 0.25) is 0 Å². The van der Waals surface area contributed by atoms with Gasteiger partial charge in [0.05, 0.1) is 53.6 Å². The monoisotopic (exact) mass is 514 g/mol. The van der Waals surface area contributed by atoms with Gasteiger partial charge in [-0.3, -0.25) is 9.63 Å². The average molecular weight is 516 g/mol. The summed E-state index contributed by atoms with van der Waals surface area (Å²) in [7, 11) is 0. The van der Waals surface area contributed by atoms with Gasteiger partial charge in [0, 0.05) is 17.6 Å². The number of nitrogens with one attached hydrogen (secondary N) is 2. The minimum absolute atomic E-state index is 0.0138. The van der Waals surface area contributed by atoms with E-state index in [-0.39, 0.29) is 30.0 Å². The van der Waals surface area contributed by atoms with Gasteiger partial charge in [-0.05, 0) is 31.2 Å². The SMILES string of the molecule is CCOCCn1cnc2c(F)c(Nc3ccc(Br)cc3Cl)c(C(=O)NOCCO)cc21. The van der Waals surface area contributed by atoms with Crippen LogP contribution in [0.5, 0.6) is 0 Å². The summed E-state index contributed by atoms with van der Waals surface area (Å²) in [6.45, 7) is 2.91. The summed E-state index contributed by atoms with van der Waals surface area (Å²) in [4.78, 5) is 21.8. The van der Waals surface area contributed by atoms with Crippen molar-refractivity contribution in [3.63, 3.8) is 0 Å². The highest BCUT2D eigenvalue weighted by atomic mass is 79.9. The van der Waals surface area contributed by atoms with Crippen LogP contribution in [0.25, 0.3) is 11.0 Å². The Morgan fingerprint density at radius 2 is 2.16 bits per heavy atom. The van der Waals surface area contributed by atoms with E-state index in [0.29, 0.717) is 36.0 Å². The quantitative estimate of drug-likeness (QED) is 0.279. The Kier molecular flexibility index (Phi) is 8.22. The largest absolute Gasteiger partial charge is 0.394 e. The zero-order chi connectivity index (χ0) is 22.4. The van der Waals surface area contributed by atoms with Crippen LogP contribution in [0, 0.1) is 5.82 Å². The van der Waals surface area contributed by atoms with Crippen LogP contribution in [0.2, 0.25) is 5.02 Å². The van der Waals surface area contributed by atoms with Crippen LogP contribution in [0.1, 0.15) is 17.3 Å². The van der Waals surface area contributed by atoms with Crippen molar-refractivity contribution in [3.05, 3.63) is 51.5 Å². The number of amides is 1. The van der Waals surface area contributed by atoms with Crippen molar-refractivity contribution in [2.24, 2.45) is 0 Å². The molecule has 11 heteroatoms. The summed E-state index contributed by atoms with van der Waals surface area (Å²) in [6.07, 6.45) is 1.49. The third-order valence-corrected chi connectivity index (χ3v) is 5.14. The molecule has 1 heterocycles. The van der Waals surface area contributed by atoms with Gasteiger partial charge in [-0.2, -0.15) is 0 Å². The molecule has 0 atom stereocenters. The van der Waals surface area contributed by atoms with Crippen molar-refractivity contribution in [2.45, 2.75) is 13.5 Å². The molecule has 0 spiro atoms. The molecule has 166 valence electrons. The van der Waals surface area contributed by atoms with E-state index in [1.54, 1.807) is 22.8 Å². The first-order valence-electron chi connectivity index (χ1n) is 9.46. The lowest BCUT2D eigenvalue weighted by molar-refractivity contribution is 0.0169. The van der Waals surface area contributed by atoms with Gasteiger partial charge in [-0.15, -0.1) is 0 Å². The van der Waals surface area contributed by atoms with E-state index in [9.17, 15) is 4.79 Å². The molecule has 0 unspecified atom stereocenters. The molecule has 0 aliphatic heterocycles. The van der Waals surface area contributed by atoms with Gasteiger partial charge in [-0.1, -0.05) is 27.5 Å². The molecule has 1 aromatic heterocycles. The van der Waals surface area contributed by atoms with E-state index in [0.717, 1.165) is 4.47 Å². The number of carbonyl (C=O) groups is 1. The van der Waals surface area contributed by atoms with Crippen LogP contribution in [0.15, 0.2) is 35.1 Å². The summed E-state index contributed by atoms with van der Waals surface area (Å²) in [5, 5.41) is 12.1. The lowest BCUT2D eigenvalue weighted by Gasteiger charge is -2.15. The van der Waals surface area contributed by atoms with Crippen LogP contribution in [-0.2, 0) is 16.1 Å². The Bertz CT molecular complexity index is 1080. The molecule has 0 aliphatic rings. The number of anilines is 2. The molecule has 0 radical (unpaired) electrons. The fourth-order valence-electron chi connectivity index (χ4n) is 2.89. The van der Waals surface area contributed by atoms with Gasteiger partial charge >= 0.3 is 0 Å². The molecule has 1 amide bonds. The number of halogens is 3. The highest BCUT2D eigenvalue weighted by Crippen LogP contribution is 2.34. The van der Waals surface area contributed by atoms with Gasteiger partial charge in [0.1, 0.15) is 5.52 Å². The van der Waals surface area contributed by atoms with Crippen molar-refractivity contribution in [1.82, 2.24) is 15.0 Å². The maximum absolute atomic E-state index is 15.5. The van der Waals surface area contributed by atoms with E-state index < -0.39 is 11.7 Å². The first-order valence-corrected chi connectivity index (χ1v) is 10.6. The van der Waals surface area contributed by atoms with Gasteiger partial charge in [0.25, 0.3) is 5.91 Å². The number of imidazole rings is 1. The van der Waals surface area contributed by atoms with E-state index in [1.165, 1.54) is 12.4 Å². The number of ether oxygens (including phenoxy) is 1. The molecule has 2 aromatic carbocycles. The maximum Gasteiger partial charge on any atom is 0.277 e. The molecule has 8 nitrogen and oxygen atoms in total. The number of aliphatic hydroxyl groups excluding tert-OH is 1. The standard InChI is InChI=1S/C20H21BrClFN4O4/c1-2-30-7-5-27-11-24-19-16(27)10-13(20(29)26-31-8-6-28)18(17(19)23)25-15-4-3-12(21)9-14(15)22/h3-4,9-11,25,28H,2,5-8H2,1H3,(H,26,29). The Balaban J connectivity index is 2.06. The number of hydroxylamine groups is 1. The number of carbonyl (C=O) groups excluding carboxylic acids is 1. The zero-order valence-electron chi connectivity index (χ0n) is 16.6. The summed E-state index contributed by atoms with van der Waals surface area (Å²) >= 11 is 9.58. The summed E-state index contributed by atoms with van der Waals surface area (Å²) in [6, 6.07) is 6.55. The lowest BCUT2D eigenvalue weighted by atomic mass is 10.1. The molecule has 0 aliphatic carbocycles.